The van der Waals surface area contributed by atoms with Crippen molar-refractivity contribution >= 4 is 44.9 Å². The lowest BCUT2D eigenvalue weighted by Crippen LogP contribution is -2.33. The number of halogens is 1. The normalized spacial score (nSPS) is 12.0. The van der Waals surface area contributed by atoms with Crippen LogP contribution in [0, 0.1) is 0 Å². The van der Waals surface area contributed by atoms with Gasteiger partial charge in [-0.25, -0.2) is 4.79 Å². The van der Waals surface area contributed by atoms with Gasteiger partial charge in [-0.2, -0.15) is 0 Å². The molecule has 116 valence electrons. The molecule has 4 nitrogen and oxygen atoms in total. The molecule has 3 aromatic rings. The number of rotatable bonds is 4. The van der Waals surface area contributed by atoms with Crippen molar-refractivity contribution < 1.29 is 14.7 Å². The lowest BCUT2D eigenvalue weighted by Gasteiger charge is -2.15. The van der Waals surface area contributed by atoms with E-state index >= 15 is 0 Å². The fourth-order valence-electron chi connectivity index (χ4n) is 2.32. The van der Waals surface area contributed by atoms with Crippen LogP contribution in [0.3, 0.4) is 0 Å². The zero-order chi connectivity index (χ0) is 16.4. The molecule has 1 amide bonds. The number of benzene rings is 2. The first-order chi connectivity index (χ1) is 11.1. The Hall–Kier alpha value is -2.37. The van der Waals surface area contributed by atoms with Crippen LogP contribution in [-0.2, 0) is 4.79 Å². The number of fused-ring (bicyclic) bond motifs is 1. The number of hydrogen-bond acceptors (Lipinski definition) is 3. The maximum atomic E-state index is 12.5. The third kappa shape index (κ3) is 3.21. The first-order valence-corrected chi connectivity index (χ1v) is 8.07. The van der Waals surface area contributed by atoms with Crippen molar-refractivity contribution in [3.63, 3.8) is 0 Å². The molecule has 0 aliphatic heterocycles. The molecule has 0 saturated heterocycles. The fraction of sp³-hybridized carbons (Fsp3) is 0.0588. The van der Waals surface area contributed by atoms with E-state index in [9.17, 15) is 14.7 Å². The molecule has 0 aliphatic carbocycles. The van der Waals surface area contributed by atoms with Gasteiger partial charge in [-0.3, -0.25) is 4.79 Å². The average molecular weight is 346 g/mol. The number of thiophene rings is 1. The zero-order valence-electron chi connectivity index (χ0n) is 11.8. The van der Waals surface area contributed by atoms with Gasteiger partial charge in [0.1, 0.15) is 0 Å². The van der Waals surface area contributed by atoms with E-state index in [0.29, 0.717) is 16.1 Å². The highest BCUT2D eigenvalue weighted by atomic mass is 35.5. The Kier molecular flexibility index (Phi) is 4.32. The molecule has 0 bridgehead atoms. The summed E-state index contributed by atoms with van der Waals surface area (Å²) in [6.45, 7) is 0. The van der Waals surface area contributed by atoms with Gasteiger partial charge in [-0.1, -0.05) is 35.9 Å². The second-order valence-electron chi connectivity index (χ2n) is 4.94. The maximum Gasteiger partial charge on any atom is 0.330 e. The molecular weight excluding hydrogens is 334 g/mol. The van der Waals surface area contributed by atoms with Gasteiger partial charge < -0.3 is 10.4 Å². The molecule has 0 saturated carbocycles. The van der Waals surface area contributed by atoms with E-state index in [2.05, 4.69) is 5.32 Å². The number of carbonyl (C=O) groups excluding carboxylic acids is 1. The van der Waals surface area contributed by atoms with Crippen molar-refractivity contribution in [3.05, 3.63) is 70.1 Å². The molecule has 23 heavy (non-hydrogen) atoms. The third-order valence-electron chi connectivity index (χ3n) is 3.45. The van der Waals surface area contributed by atoms with Gasteiger partial charge in [0, 0.05) is 9.72 Å². The summed E-state index contributed by atoms with van der Waals surface area (Å²) in [4.78, 5) is 24.0. The highest BCUT2D eigenvalue weighted by molar-refractivity contribution is 7.17. The average Bonchev–Trinajstić information content (AvgIpc) is 3.01. The topological polar surface area (TPSA) is 66.4 Å². The molecule has 1 unspecified atom stereocenters. The predicted molar refractivity (Wildman–Crippen MR) is 91.1 cm³/mol. The SMILES string of the molecule is O=C(NC(C(=O)O)c1ccc(Cl)cc1)c1cccc2ccsc12. The fourth-order valence-corrected chi connectivity index (χ4v) is 3.36. The molecule has 1 aromatic heterocycles. The zero-order valence-corrected chi connectivity index (χ0v) is 13.4. The molecule has 1 heterocycles. The number of carboxylic acid groups (broad SMARTS) is 1. The van der Waals surface area contributed by atoms with Crippen molar-refractivity contribution in [2.45, 2.75) is 6.04 Å². The Labute approximate surface area is 141 Å². The van der Waals surface area contributed by atoms with Crippen LogP contribution in [0.5, 0.6) is 0 Å². The molecule has 3 rings (SSSR count). The second-order valence-corrected chi connectivity index (χ2v) is 6.29. The number of nitrogens with one attached hydrogen (secondary N) is 1. The van der Waals surface area contributed by atoms with Gasteiger partial charge in [0.2, 0.25) is 0 Å². The smallest absolute Gasteiger partial charge is 0.330 e. The highest BCUT2D eigenvalue weighted by Crippen LogP contribution is 2.25. The van der Waals surface area contributed by atoms with Crippen molar-refractivity contribution in [1.82, 2.24) is 5.32 Å². The summed E-state index contributed by atoms with van der Waals surface area (Å²) in [6, 6.07) is 12.5. The van der Waals surface area contributed by atoms with Crippen molar-refractivity contribution in [3.8, 4) is 0 Å². The Morgan fingerprint density at radius 3 is 2.52 bits per heavy atom. The number of carboxylic acids is 1. The van der Waals surface area contributed by atoms with E-state index in [-0.39, 0.29) is 0 Å². The lowest BCUT2D eigenvalue weighted by molar-refractivity contribution is -0.139. The number of hydrogen-bond donors (Lipinski definition) is 2. The summed E-state index contributed by atoms with van der Waals surface area (Å²) in [5.41, 5.74) is 0.936. The van der Waals surface area contributed by atoms with Crippen LogP contribution in [0.1, 0.15) is 22.0 Å². The molecular formula is C17H12ClNO3S. The lowest BCUT2D eigenvalue weighted by atomic mass is 10.1. The molecule has 2 N–H and O–H groups in total. The quantitative estimate of drug-likeness (QED) is 0.747. The van der Waals surface area contributed by atoms with E-state index in [4.69, 9.17) is 11.6 Å². The van der Waals surface area contributed by atoms with E-state index in [1.807, 2.05) is 17.5 Å². The molecule has 0 fully saturated rings. The van der Waals surface area contributed by atoms with Crippen LogP contribution in [0.15, 0.2) is 53.9 Å². The highest BCUT2D eigenvalue weighted by Gasteiger charge is 2.23. The number of carbonyl (C=O) groups is 2. The van der Waals surface area contributed by atoms with Crippen LogP contribution >= 0.6 is 22.9 Å². The van der Waals surface area contributed by atoms with Gasteiger partial charge in [0.25, 0.3) is 5.91 Å². The minimum Gasteiger partial charge on any atom is -0.479 e. The van der Waals surface area contributed by atoms with Crippen molar-refractivity contribution in [2.24, 2.45) is 0 Å². The van der Waals surface area contributed by atoms with Crippen LogP contribution in [0.25, 0.3) is 10.1 Å². The van der Waals surface area contributed by atoms with Gasteiger partial charge in [0.15, 0.2) is 6.04 Å². The maximum absolute atomic E-state index is 12.5. The molecule has 2 aromatic carbocycles. The molecule has 0 spiro atoms. The van der Waals surface area contributed by atoms with Crippen LogP contribution in [0.4, 0.5) is 0 Å². The standard InChI is InChI=1S/C17H12ClNO3S/c18-12-6-4-10(5-7-12)14(17(21)22)19-16(20)13-3-1-2-11-8-9-23-15(11)13/h1-9,14H,(H,19,20)(H,21,22). The van der Waals surface area contributed by atoms with Crippen LogP contribution in [-0.4, -0.2) is 17.0 Å². The Balaban J connectivity index is 1.91. The largest absolute Gasteiger partial charge is 0.479 e. The summed E-state index contributed by atoms with van der Waals surface area (Å²) >= 11 is 7.27. The van der Waals surface area contributed by atoms with Crippen LogP contribution < -0.4 is 5.32 Å². The summed E-state index contributed by atoms with van der Waals surface area (Å²) in [5, 5.41) is 15.4. The van der Waals surface area contributed by atoms with Gasteiger partial charge >= 0.3 is 5.97 Å². The van der Waals surface area contributed by atoms with Crippen molar-refractivity contribution in [2.75, 3.05) is 0 Å². The minimum absolute atomic E-state index is 0.416. The van der Waals surface area contributed by atoms with Gasteiger partial charge in [0.05, 0.1) is 5.56 Å². The first-order valence-electron chi connectivity index (χ1n) is 6.81. The van der Waals surface area contributed by atoms with Gasteiger partial charge in [-0.15, -0.1) is 11.3 Å². The van der Waals surface area contributed by atoms with Crippen LogP contribution in [0.2, 0.25) is 5.02 Å². The Morgan fingerprint density at radius 2 is 1.83 bits per heavy atom. The number of aliphatic carboxylic acids is 1. The second kappa shape index (κ2) is 6.40. The van der Waals surface area contributed by atoms with Crippen molar-refractivity contribution in [1.29, 1.82) is 0 Å². The van der Waals surface area contributed by atoms with E-state index in [1.165, 1.54) is 11.3 Å². The summed E-state index contributed by atoms with van der Waals surface area (Å²) in [5.74, 6) is -1.54. The summed E-state index contributed by atoms with van der Waals surface area (Å²) in [7, 11) is 0. The molecule has 0 aliphatic rings. The minimum atomic E-state index is -1.13. The first kappa shape index (κ1) is 15.5. The van der Waals surface area contributed by atoms with E-state index in [0.717, 1.165) is 10.1 Å². The van der Waals surface area contributed by atoms with E-state index in [1.54, 1.807) is 36.4 Å². The predicted octanol–water partition coefficient (Wildman–Crippen LogP) is 4.11. The number of amides is 1. The molecule has 6 heteroatoms. The van der Waals surface area contributed by atoms with E-state index < -0.39 is 17.9 Å². The Bertz CT molecular complexity index is 873. The monoisotopic (exact) mass is 345 g/mol. The third-order valence-corrected chi connectivity index (χ3v) is 4.66. The summed E-state index contributed by atoms with van der Waals surface area (Å²) < 4.78 is 0.838. The molecule has 0 radical (unpaired) electrons. The van der Waals surface area contributed by atoms with Gasteiger partial charge in [-0.05, 0) is 40.6 Å². The summed E-state index contributed by atoms with van der Waals surface area (Å²) in [6.07, 6.45) is 0. The molecule has 1 atom stereocenters. The Morgan fingerprint density at radius 1 is 1.09 bits per heavy atom.